The highest BCUT2D eigenvalue weighted by Crippen LogP contribution is 2.28. The van der Waals surface area contributed by atoms with Crippen LogP contribution in [0.15, 0.2) is 40.9 Å². The van der Waals surface area contributed by atoms with E-state index in [9.17, 15) is 18.8 Å². The third-order valence-corrected chi connectivity index (χ3v) is 7.68. The van der Waals surface area contributed by atoms with E-state index < -0.39 is 11.7 Å². The van der Waals surface area contributed by atoms with E-state index in [-0.39, 0.29) is 55.6 Å². The minimum Gasteiger partial charge on any atom is -0.444 e. The van der Waals surface area contributed by atoms with Crippen molar-refractivity contribution in [1.82, 2.24) is 30.4 Å². The Morgan fingerprint density at radius 3 is 2.52 bits per heavy atom. The summed E-state index contributed by atoms with van der Waals surface area (Å²) >= 11 is 5.84. The summed E-state index contributed by atoms with van der Waals surface area (Å²) in [4.78, 5) is 47.0. The molecule has 1 aromatic heterocycles. The third-order valence-electron chi connectivity index (χ3n) is 7.45. The Balaban J connectivity index is 1.50. The van der Waals surface area contributed by atoms with Crippen molar-refractivity contribution in [3.05, 3.63) is 64.8 Å². The van der Waals surface area contributed by atoms with Gasteiger partial charge in [0.25, 0.3) is 5.91 Å². The second kappa shape index (κ2) is 14.9. The van der Waals surface area contributed by atoms with Crippen LogP contribution in [0.3, 0.4) is 0 Å². The lowest BCUT2D eigenvalue weighted by molar-refractivity contribution is -0.145. The van der Waals surface area contributed by atoms with Crippen LogP contribution in [0, 0.1) is 12.7 Å². The maximum absolute atomic E-state index is 13.8. The molecule has 14 heteroatoms. The molecule has 1 N–H and O–H groups in total. The average molecular weight is 658 g/mol. The number of likely N-dealkylation sites (N-methyl/N-ethyl adjacent to an activating group) is 2. The molecule has 12 nitrogen and oxygen atoms in total. The number of alkyl halides is 1. The van der Waals surface area contributed by atoms with E-state index >= 15 is 0 Å². The molecule has 1 aliphatic rings. The van der Waals surface area contributed by atoms with Gasteiger partial charge in [-0.25, -0.2) is 14.2 Å². The number of nitrogens with zero attached hydrogens (tertiary/aromatic N) is 6. The van der Waals surface area contributed by atoms with Gasteiger partial charge in [-0.2, -0.15) is 4.98 Å². The van der Waals surface area contributed by atoms with Crippen LogP contribution in [0.5, 0.6) is 0 Å². The molecule has 0 spiro atoms. The van der Waals surface area contributed by atoms with E-state index in [0.717, 1.165) is 16.7 Å². The van der Waals surface area contributed by atoms with Crippen LogP contribution in [-0.4, -0.2) is 88.3 Å². The summed E-state index contributed by atoms with van der Waals surface area (Å²) in [6.45, 7) is 10.5. The van der Waals surface area contributed by atoms with Gasteiger partial charge in [0.2, 0.25) is 17.6 Å². The van der Waals surface area contributed by atoms with Gasteiger partial charge in [-0.1, -0.05) is 23.4 Å². The molecule has 0 saturated carbocycles. The predicted octanol–water partition coefficient (Wildman–Crippen LogP) is 4.49. The van der Waals surface area contributed by atoms with Gasteiger partial charge in [0.05, 0.1) is 13.1 Å². The molecule has 2 aromatic carbocycles. The fraction of sp³-hybridized carbons (Fsp3) is 0.469. The van der Waals surface area contributed by atoms with E-state index in [0.29, 0.717) is 36.7 Å². The lowest BCUT2D eigenvalue weighted by Gasteiger charge is -2.32. The lowest BCUT2D eigenvalue weighted by atomic mass is 10.1. The Morgan fingerprint density at radius 1 is 1.11 bits per heavy atom. The number of ether oxygens (including phenoxy) is 1. The van der Waals surface area contributed by atoms with E-state index in [1.54, 1.807) is 44.9 Å². The molecule has 0 saturated heterocycles. The number of amides is 3. The number of benzene rings is 2. The smallest absolute Gasteiger partial charge is 0.410 e. The van der Waals surface area contributed by atoms with Gasteiger partial charge in [-0.15, -0.1) is 11.6 Å². The normalized spacial score (nSPS) is 12.9. The molecule has 3 amide bonds. The molecule has 0 atom stereocenters. The maximum Gasteiger partial charge on any atom is 0.410 e. The highest BCUT2D eigenvalue weighted by atomic mass is 35.5. The minimum atomic E-state index is -0.637. The van der Waals surface area contributed by atoms with Gasteiger partial charge < -0.3 is 24.4 Å². The van der Waals surface area contributed by atoms with Gasteiger partial charge in [-0.05, 0) is 69.5 Å². The monoisotopic (exact) mass is 657 g/mol. The summed E-state index contributed by atoms with van der Waals surface area (Å²) < 4.78 is 24.4. The van der Waals surface area contributed by atoms with Crippen LogP contribution in [-0.2, 0) is 33.3 Å². The Labute approximate surface area is 273 Å². The topological polar surface area (TPSA) is 124 Å². The van der Waals surface area contributed by atoms with E-state index in [4.69, 9.17) is 20.9 Å². The van der Waals surface area contributed by atoms with Crippen molar-refractivity contribution < 1.29 is 28.0 Å². The summed E-state index contributed by atoms with van der Waals surface area (Å²) in [5.41, 5.74) is 3.20. The van der Waals surface area contributed by atoms with Crippen molar-refractivity contribution in [1.29, 1.82) is 0 Å². The third kappa shape index (κ3) is 8.94. The molecule has 4 rings (SSSR count). The molecule has 0 fully saturated rings. The first-order valence-corrected chi connectivity index (χ1v) is 15.6. The second-order valence-electron chi connectivity index (χ2n) is 12.1. The number of aromatic nitrogens is 2. The molecule has 1 aliphatic heterocycles. The highest BCUT2D eigenvalue weighted by molar-refractivity contribution is 6.16. The SMILES string of the molecule is CCN(CCNC(=O)CN(CC(=O)N(C)N1Cc2ccc(F)cc2C1)c1cc(-c2noc(CCl)n2)ccc1C)C(=O)OC(C)(C)C. The van der Waals surface area contributed by atoms with Gasteiger partial charge in [-0.3, -0.25) is 14.6 Å². The molecular weight excluding hydrogens is 617 g/mol. The number of fused-ring (bicyclic) bond motifs is 1. The number of hydrogen-bond acceptors (Lipinski definition) is 9. The maximum atomic E-state index is 13.8. The number of carbonyl (C=O) groups is 3. The summed E-state index contributed by atoms with van der Waals surface area (Å²) in [7, 11) is 1.66. The quantitative estimate of drug-likeness (QED) is 0.281. The van der Waals surface area contributed by atoms with Crippen molar-refractivity contribution in [2.24, 2.45) is 0 Å². The van der Waals surface area contributed by atoms with E-state index in [2.05, 4.69) is 15.5 Å². The van der Waals surface area contributed by atoms with Crippen molar-refractivity contribution in [2.75, 3.05) is 44.7 Å². The number of rotatable bonds is 12. The molecule has 3 aromatic rings. The number of hydrazine groups is 1. The summed E-state index contributed by atoms with van der Waals surface area (Å²) in [5.74, 6) is -0.269. The summed E-state index contributed by atoms with van der Waals surface area (Å²) in [5, 5.41) is 10.2. The Bertz CT molecular complexity index is 1560. The van der Waals surface area contributed by atoms with Crippen LogP contribution < -0.4 is 10.2 Å². The van der Waals surface area contributed by atoms with Crippen LogP contribution in [0.4, 0.5) is 14.9 Å². The number of halogens is 2. The van der Waals surface area contributed by atoms with Crippen molar-refractivity contribution in [3.63, 3.8) is 0 Å². The molecule has 248 valence electrons. The van der Waals surface area contributed by atoms with Crippen molar-refractivity contribution in [2.45, 2.75) is 59.2 Å². The Kier molecular flexibility index (Phi) is 11.2. The van der Waals surface area contributed by atoms with Crippen LogP contribution in [0.25, 0.3) is 11.4 Å². The molecular formula is C32H41ClFN7O5. The van der Waals surface area contributed by atoms with Crippen LogP contribution in [0.1, 0.15) is 50.3 Å². The number of aryl methyl sites for hydroxylation is 1. The standard InChI is InChI=1S/C32H41ClFN7O5/c1-7-39(31(44)45-32(3,4)5)13-12-35-27(42)19-40(26-15-22(9-8-21(26)2)30-36-28(16-33)46-37-30)20-29(43)38(6)41-17-23-10-11-25(34)14-24(23)18-41/h8-11,14-15H,7,12-13,16-20H2,1-6H3,(H,35,42). The first-order chi connectivity index (χ1) is 21.8. The number of carbonyl (C=O) groups excluding carboxylic acids is 3. The van der Waals surface area contributed by atoms with Gasteiger partial charge in [0.15, 0.2) is 0 Å². The molecule has 2 heterocycles. The molecule has 46 heavy (non-hydrogen) atoms. The number of hydrogen-bond donors (Lipinski definition) is 1. The van der Waals surface area contributed by atoms with Gasteiger partial charge >= 0.3 is 6.09 Å². The van der Waals surface area contributed by atoms with Crippen molar-refractivity contribution >= 4 is 35.2 Å². The largest absolute Gasteiger partial charge is 0.444 e. The molecule has 0 bridgehead atoms. The van der Waals surface area contributed by atoms with E-state index in [1.807, 2.05) is 31.0 Å². The first-order valence-electron chi connectivity index (χ1n) is 15.1. The second-order valence-corrected chi connectivity index (χ2v) is 12.3. The van der Waals surface area contributed by atoms with E-state index in [1.165, 1.54) is 22.0 Å². The lowest BCUT2D eigenvalue weighted by Crippen LogP contribution is -2.48. The fourth-order valence-electron chi connectivity index (χ4n) is 4.99. The molecule has 0 aliphatic carbocycles. The molecule has 0 unspecified atom stereocenters. The molecule has 0 radical (unpaired) electrons. The zero-order chi connectivity index (χ0) is 33.6. The zero-order valence-electron chi connectivity index (χ0n) is 27.1. The number of anilines is 1. The highest BCUT2D eigenvalue weighted by Gasteiger charge is 2.28. The van der Waals surface area contributed by atoms with Crippen LogP contribution >= 0.6 is 11.6 Å². The average Bonchev–Trinajstić information content (AvgIpc) is 3.65. The summed E-state index contributed by atoms with van der Waals surface area (Å²) in [6.07, 6.45) is -0.461. The van der Waals surface area contributed by atoms with Gasteiger partial charge in [0, 0.05) is 51.0 Å². The number of nitrogens with one attached hydrogen (secondary N) is 1. The van der Waals surface area contributed by atoms with Gasteiger partial charge in [0.1, 0.15) is 17.3 Å². The summed E-state index contributed by atoms with van der Waals surface area (Å²) in [6, 6.07) is 10.1. The predicted molar refractivity (Wildman–Crippen MR) is 171 cm³/mol. The first kappa shape index (κ1) is 34.6. The minimum absolute atomic E-state index is 0.0647. The fourth-order valence-corrected chi connectivity index (χ4v) is 5.10. The van der Waals surface area contributed by atoms with Crippen LogP contribution in [0.2, 0.25) is 0 Å². The Hall–Kier alpha value is -4.23. The Morgan fingerprint density at radius 2 is 1.85 bits per heavy atom. The van der Waals surface area contributed by atoms with Crippen molar-refractivity contribution in [3.8, 4) is 11.4 Å². The zero-order valence-corrected chi connectivity index (χ0v) is 27.9.